The van der Waals surface area contributed by atoms with Gasteiger partial charge in [0.1, 0.15) is 5.76 Å². The van der Waals surface area contributed by atoms with Crippen LogP contribution in [0.2, 0.25) is 0 Å². The van der Waals surface area contributed by atoms with Crippen molar-refractivity contribution in [1.82, 2.24) is 0 Å². The van der Waals surface area contributed by atoms with Crippen molar-refractivity contribution in [2.45, 2.75) is 13.3 Å². The van der Waals surface area contributed by atoms with Crippen molar-refractivity contribution in [3.8, 4) is 0 Å². The Bertz CT molecular complexity index is 185. The molecule has 0 amide bonds. The van der Waals surface area contributed by atoms with E-state index < -0.39 is 5.97 Å². The molecule has 0 fully saturated rings. The van der Waals surface area contributed by atoms with Crippen molar-refractivity contribution in [3.05, 3.63) is 24.5 Å². The normalized spacial score (nSPS) is 8.91. The smallest absolute Gasteiger partial charge is 0.338 e. The van der Waals surface area contributed by atoms with Crippen LogP contribution < -0.4 is 0 Å². The van der Waals surface area contributed by atoms with E-state index >= 15 is 0 Å². The molecule has 0 aromatic rings. The molecule has 2 nitrogen and oxygen atoms in total. The van der Waals surface area contributed by atoms with E-state index in [0.717, 1.165) is 0 Å². The second-order valence-corrected chi connectivity index (χ2v) is 2.53. The molecule has 0 rings (SSSR count). The second-order valence-electron chi connectivity index (χ2n) is 2.15. The van der Waals surface area contributed by atoms with Gasteiger partial charge in [0, 0.05) is 17.9 Å². The molecule has 0 saturated carbocycles. The molecule has 3 heteroatoms. The van der Waals surface area contributed by atoms with Gasteiger partial charge >= 0.3 is 5.97 Å². The average Bonchev–Trinajstić information content (AvgIpc) is 1.87. The number of allylic oxidation sites excluding steroid dienone is 1. The van der Waals surface area contributed by atoms with E-state index in [9.17, 15) is 4.79 Å². The van der Waals surface area contributed by atoms with E-state index in [1.165, 1.54) is 0 Å². The van der Waals surface area contributed by atoms with Crippen molar-refractivity contribution in [2.75, 3.05) is 5.88 Å². The summed E-state index contributed by atoms with van der Waals surface area (Å²) in [7, 11) is 0. The number of carbonyl (C=O) groups excluding carboxylic acids is 1. The first-order valence-corrected chi connectivity index (χ1v) is 3.72. The predicted octanol–water partition coefficient (Wildman–Crippen LogP) is 2.25. The number of hydrogen-bond acceptors (Lipinski definition) is 2. The fourth-order valence-corrected chi connectivity index (χ4v) is 0.585. The van der Waals surface area contributed by atoms with E-state index in [0.29, 0.717) is 23.6 Å². The Morgan fingerprint density at radius 1 is 1.55 bits per heavy atom. The SMILES string of the molecule is C=C(CCCl)OC(=O)C(=C)C. The molecule has 11 heavy (non-hydrogen) atoms. The molecule has 0 bridgehead atoms. The summed E-state index contributed by atoms with van der Waals surface area (Å²) in [4.78, 5) is 10.8. The minimum absolute atomic E-state index is 0.362. The van der Waals surface area contributed by atoms with Crippen LogP contribution in [0.4, 0.5) is 0 Å². The van der Waals surface area contributed by atoms with E-state index in [4.69, 9.17) is 16.3 Å². The number of carbonyl (C=O) groups is 1. The zero-order chi connectivity index (χ0) is 8.85. The average molecular weight is 175 g/mol. The van der Waals surface area contributed by atoms with E-state index in [2.05, 4.69) is 13.2 Å². The van der Waals surface area contributed by atoms with Gasteiger partial charge < -0.3 is 4.74 Å². The van der Waals surface area contributed by atoms with E-state index in [1.807, 2.05) is 0 Å². The molecular weight excluding hydrogens is 164 g/mol. The first-order valence-electron chi connectivity index (χ1n) is 3.19. The van der Waals surface area contributed by atoms with Crippen molar-refractivity contribution in [3.63, 3.8) is 0 Å². The summed E-state index contributed by atoms with van der Waals surface area (Å²) in [6.45, 7) is 8.50. The van der Waals surface area contributed by atoms with Crippen molar-refractivity contribution in [1.29, 1.82) is 0 Å². The van der Waals surface area contributed by atoms with E-state index in [-0.39, 0.29) is 0 Å². The molecule has 62 valence electrons. The van der Waals surface area contributed by atoms with Crippen molar-refractivity contribution >= 4 is 17.6 Å². The summed E-state index contributed by atoms with van der Waals surface area (Å²) in [5.41, 5.74) is 0.362. The summed E-state index contributed by atoms with van der Waals surface area (Å²) in [5.74, 6) is 0.343. The van der Waals surface area contributed by atoms with Crippen LogP contribution >= 0.6 is 11.6 Å². The van der Waals surface area contributed by atoms with Gasteiger partial charge in [0.15, 0.2) is 0 Å². The Morgan fingerprint density at radius 2 is 2.09 bits per heavy atom. The molecular formula is C8H11ClO2. The van der Waals surface area contributed by atoms with Crippen LogP contribution in [0.25, 0.3) is 0 Å². The molecule has 0 unspecified atom stereocenters. The molecule has 0 saturated heterocycles. The van der Waals surface area contributed by atoms with Crippen molar-refractivity contribution in [2.24, 2.45) is 0 Å². The molecule has 0 aromatic heterocycles. The van der Waals surface area contributed by atoms with Crippen LogP contribution in [-0.4, -0.2) is 11.8 Å². The maximum absolute atomic E-state index is 10.8. The van der Waals surface area contributed by atoms with Crippen LogP contribution in [0.5, 0.6) is 0 Å². The summed E-state index contributed by atoms with van der Waals surface area (Å²) in [5, 5.41) is 0. The molecule has 0 aliphatic heterocycles. The van der Waals surface area contributed by atoms with Crippen LogP contribution in [0.1, 0.15) is 13.3 Å². The maximum Gasteiger partial charge on any atom is 0.338 e. The quantitative estimate of drug-likeness (QED) is 0.283. The van der Waals surface area contributed by atoms with Crippen LogP contribution in [0, 0.1) is 0 Å². The molecule has 0 aliphatic carbocycles. The summed E-state index contributed by atoms with van der Waals surface area (Å²) in [6, 6.07) is 0. The van der Waals surface area contributed by atoms with Crippen LogP contribution in [0.15, 0.2) is 24.5 Å². The number of alkyl halides is 1. The lowest BCUT2D eigenvalue weighted by Crippen LogP contribution is -2.04. The Balaban J connectivity index is 3.76. The molecule has 0 aliphatic rings. The van der Waals surface area contributed by atoms with Gasteiger partial charge in [-0.1, -0.05) is 13.2 Å². The highest BCUT2D eigenvalue weighted by Gasteiger charge is 2.04. The van der Waals surface area contributed by atoms with Gasteiger partial charge in [-0.3, -0.25) is 0 Å². The number of esters is 1. The van der Waals surface area contributed by atoms with Gasteiger partial charge in [-0.05, 0) is 6.92 Å². The molecule has 0 N–H and O–H groups in total. The monoisotopic (exact) mass is 174 g/mol. The van der Waals surface area contributed by atoms with Gasteiger partial charge in [-0.15, -0.1) is 11.6 Å². The minimum Gasteiger partial charge on any atom is -0.428 e. The third-order valence-electron chi connectivity index (χ3n) is 0.959. The highest BCUT2D eigenvalue weighted by molar-refractivity contribution is 6.17. The largest absolute Gasteiger partial charge is 0.428 e. The molecule has 0 spiro atoms. The predicted molar refractivity (Wildman–Crippen MR) is 45.4 cm³/mol. The summed E-state index contributed by atoms with van der Waals surface area (Å²) in [6.07, 6.45) is 0.487. The molecule has 0 radical (unpaired) electrons. The Hall–Kier alpha value is -0.760. The van der Waals surface area contributed by atoms with Crippen molar-refractivity contribution < 1.29 is 9.53 Å². The number of rotatable bonds is 4. The number of ether oxygens (including phenoxy) is 1. The van der Waals surface area contributed by atoms with Gasteiger partial charge in [-0.25, -0.2) is 4.79 Å². The lowest BCUT2D eigenvalue weighted by atomic mass is 10.3. The van der Waals surface area contributed by atoms with Gasteiger partial charge in [0.25, 0.3) is 0 Å². The number of hydrogen-bond donors (Lipinski definition) is 0. The third-order valence-corrected chi connectivity index (χ3v) is 1.15. The fourth-order valence-electron chi connectivity index (χ4n) is 0.375. The Kier molecular flexibility index (Phi) is 4.62. The Labute approximate surface area is 71.5 Å². The zero-order valence-corrected chi connectivity index (χ0v) is 7.28. The highest BCUT2D eigenvalue weighted by Crippen LogP contribution is 2.04. The molecule has 0 heterocycles. The minimum atomic E-state index is -0.444. The first kappa shape index (κ1) is 10.2. The van der Waals surface area contributed by atoms with E-state index in [1.54, 1.807) is 6.92 Å². The third kappa shape index (κ3) is 4.62. The van der Waals surface area contributed by atoms with Gasteiger partial charge in [-0.2, -0.15) is 0 Å². The topological polar surface area (TPSA) is 26.3 Å². The first-order chi connectivity index (χ1) is 5.07. The molecule has 0 aromatic carbocycles. The maximum atomic E-state index is 10.8. The van der Waals surface area contributed by atoms with Gasteiger partial charge in [0.05, 0.1) is 0 Å². The van der Waals surface area contributed by atoms with Crippen LogP contribution in [-0.2, 0) is 9.53 Å². The Morgan fingerprint density at radius 3 is 2.45 bits per heavy atom. The number of halogens is 1. The standard InChI is InChI=1S/C8H11ClO2/c1-6(2)8(10)11-7(3)4-5-9/h1,3-5H2,2H3. The lowest BCUT2D eigenvalue weighted by molar-refractivity contribution is -0.135. The zero-order valence-electron chi connectivity index (χ0n) is 6.52. The summed E-state index contributed by atoms with van der Waals surface area (Å²) >= 11 is 5.38. The fraction of sp³-hybridized carbons (Fsp3) is 0.375. The van der Waals surface area contributed by atoms with Crippen LogP contribution in [0.3, 0.4) is 0 Å². The highest BCUT2D eigenvalue weighted by atomic mass is 35.5. The lowest BCUT2D eigenvalue weighted by Gasteiger charge is -2.03. The summed E-state index contributed by atoms with van der Waals surface area (Å²) < 4.78 is 4.73. The molecule has 0 atom stereocenters. The van der Waals surface area contributed by atoms with Gasteiger partial charge in [0.2, 0.25) is 0 Å². The second kappa shape index (κ2) is 4.97.